The molecule has 2 amide bonds. The molecular weight excluding hydrogens is 294 g/mol. The molecule has 2 heterocycles. The minimum Gasteiger partial charge on any atom is -0.493 e. The topological polar surface area (TPSA) is 88.2 Å². The molecule has 7 nitrogen and oxygen atoms in total. The molecule has 7 heteroatoms. The first-order valence-electron chi connectivity index (χ1n) is 7.59. The summed E-state index contributed by atoms with van der Waals surface area (Å²) in [4.78, 5) is 20.1. The molecule has 0 unspecified atom stereocenters. The summed E-state index contributed by atoms with van der Waals surface area (Å²) in [6.45, 7) is 1.68. The van der Waals surface area contributed by atoms with Crippen molar-refractivity contribution in [1.29, 1.82) is 0 Å². The third-order valence-electron chi connectivity index (χ3n) is 3.54. The second-order valence-corrected chi connectivity index (χ2v) is 5.15. The number of nitrogens with one attached hydrogen (secondary N) is 3. The summed E-state index contributed by atoms with van der Waals surface area (Å²) in [5.41, 5.74) is 1.02. The highest BCUT2D eigenvalue weighted by atomic mass is 16.5. The molecule has 23 heavy (non-hydrogen) atoms. The summed E-state index contributed by atoms with van der Waals surface area (Å²) >= 11 is 0. The third-order valence-corrected chi connectivity index (χ3v) is 3.54. The normalized spacial score (nSPS) is 15.9. The minimum atomic E-state index is -0.187. The van der Waals surface area contributed by atoms with Crippen LogP contribution in [0.15, 0.2) is 42.9 Å². The molecule has 0 radical (unpaired) electrons. The van der Waals surface area contributed by atoms with Crippen molar-refractivity contribution in [1.82, 2.24) is 20.6 Å². The van der Waals surface area contributed by atoms with Gasteiger partial charge in [-0.15, -0.1) is 0 Å². The fourth-order valence-electron chi connectivity index (χ4n) is 2.46. The van der Waals surface area contributed by atoms with Gasteiger partial charge in [-0.05, 0) is 6.07 Å². The van der Waals surface area contributed by atoms with Crippen molar-refractivity contribution >= 4 is 11.8 Å². The van der Waals surface area contributed by atoms with Crippen LogP contribution in [0.4, 0.5) is 10.6 Å². The standard InChI is InChI=1S/C16H19N5O2/c22-16(20-9-8-19-15-11-17-6-7-18-15)21-13-5-10-23-14-4-2-1-3-12(13)14/h1-4,6-7,11,13H,5,8-10H2,(H,18,19)(H2,20,21,22)/t13-/m1/s1. The highest BCUT2D eigenvalue weighted by molar-refractivity contribution is 5.74. The van der Waals surface area contributed by atoms with Crippen LogP contribution in [0.2, 0.25) is 0 Å². The van der Waals surface area contributed by atoms with E-state index in [9.17, 15) is 4.79 Å². The monoisotopic (exact) mass is 313 g/mol. The molecule has 0 fully saturated rings. The first-order chi connectivity index (χ1) is 11.3. The molecule has 1 aromatic heterocycles. The number of anilines is 1. The Hall–Kier alpha value is -2.83. The summed E-state index contributed by atoms with van der Waals surface area (Å²) in [5, 5.41) is 8.90. The van der Waals surface area contributed by atoms with E-state index in [0.29, 0.717) is 25.5 Å². The van der Waals surface area contributed by atoms with Crippen LogP contribution in [0.1, 0.15) is 18.0 Å². The molecule has 1 aliphatic heterocycles. The largest absolute Gasteiger partial charge is 0.493 e. The lowest BCUT2D eigenvalue weighted by Crippen LogP contribution is -2.41. The van der Waals surface area contributed by atoms with Crippen LogP contribution in [-0.2, 0) is 0 Å². The van der Waals surface area contributed by atoms with Crippen molar-refractivity contribution in [3.8, 4) is 5.75 Å². The molecule has 0 aliphatic carbocycles. The first kappa shape index (κ1) is 15.1. The van der Waals surface area contributed by atoms with E-state index in [0.717, 1.165) is 17.7 Å². The zero-order valence-corrected chi connectivity index (χ0v) is 12.7. The Kier molecular flexibility index (Phi) is 4.88. The maximum Gasteiger partial charge on any atom is 0.315 e. The zero-order valence-electron chi connectivity index (χ0n) is 12.7. The Morgan fingerprint density at radius 1 is 1.26 bits per heavy atom. The Bertz CT molecular complexity index is 650. The van der Waals surface area contributed by atoms with Gasteiger partial charge < -0.3 is 20.7 Å². The van der Waals surface area contributed by atoms with E-state index in [4.69, 9.17) is 4.74 Å². The lowest BCUT2D eigenvalue weighted by Gasteiger charge is -2.26. The van der Waals surface area contributed by atoms with E-state index in [2.05, 4.69) is 25.9 Å². The van der Waals surface area contributed by atoms with Crippen LogP contribution in [-0.4, -0.2) is 35.7 Å². The number of nitrogens with zero attached hydrogens (tertiary/aromatic N) is 2. The van der Waals surface area contributed by atoms with Crippen molar-refractivity contribution in [3.05, 3.63) is 48.4 Å². The van der Waals surface area contributed by atoms with E-state index in [1.54, 1.807) is 18.6 Å². The highest BCUT2D eigenvalue weighted by Gasteiger charge is 2.22. The van der Waals surface area contributed by atoms with Gasteiger partial charge in [0.05, 0.1) is 18.8 Å². The Morgan fingerprint density at radius 2 is 2.17 bits per heavy atom. The van der Waals surface area contributed by atoms with Crippen molar-refractivity contribution in [2.45, 2.75) is 12.5 Å². The number of carbonyl (C=O) groups is 1. The van der Waals surface area contributed by atoms with Gasteiger partial charge in [-0.25, -0.2) is 9.78 Å². The predicted octanol–water partition coefficient (Wildman–Crippen LogP) is 1.71. The SMILES string of the molecule is O=C(NCCNc1cnccn1)N[C@@H]1CCOc2ccccc21. The fraction of sp³-hybridized carbons (Fsp3) is 0.312. The molecule has 1 aromatic carbocycles. The average Bonchev–Trinajstić information content (AvgIpc) is 2.60. The number of hydrogen-bond donors (Lipinski definition) is 3. The smallest absolute Gasteiger partial charge is 0.315 e. The molecule has 0 bridgehead atoms. The molecule has 0 saturated carbocycles. The second kappa shape index (κ2) is 7.44. The van der Waals surface area contributed by atoms with Crippen LogP contribution >= 0.6 is 0 Å². The Labute approximate surface area is 134 Å². The lowest BCUT2D eigenvalue weighted by atomic mass is 10.0. The third kappa shape index (κ3) is 4.09. The summed E-state index contributed by atoms with van der Waals surface area (Å²) in [6, 6.07) is 7.58. The number of carbonyl (C=O) groups excluding carboxylic acids is 1. The maximum absolute atomic E-state index is 12.0. The minimum absolute atomic E-state index is 0.0205. The van der Waals surface area contributed by atoms with Crippen molar-refractivity contribution in [3.63, 3.8) is 0 Å². The van der Waals surface area contributed by atoms with E-state index in [1.165, 1.54) is 0 Å². The first-order valence-corrected chi connectivity index (χ1v) is 7.59. The molecule has 3 rings (SSSR count). The number of ether oxygens (including phenoxy) is 1. The number of fused-ring (bicyclic) bond motifs is 1. The van der Waals surface area contributed by atoms with Crippen molar-refractivity contribution in [2.24, 2.45) is 0 Å². The Morgan fingerprint density at radius 3 is 3.04 bits per heavy atom. The molecule has 0 spiro atoms. The van der Waals surface area contributed by atoms with E-state index in [-0.39, 0.29) is 12.1 Å². The molecule has 1 aliphatic rings. The van der Waals surface area contributed by atoms with Gasteiger partial charge in [0.1, 0.15) is 11.6 Å². The quantitative estimate of drug-likeness (QED) is 0.731. The molecule has 3 N–H and O–H groups in total. The number of urea groups is 1. The van der Waals surface area contributed by atoms with E-state index < -0.39 is 0 Å². The summed E-state index contributed by atoms with van der Waals surface area (Å²) in [6.07, 6.45) is 5.63. The molecule has 0 saturated heterocycles. The van der Waals surface area contributed by atoms with Crippen LogP contribution in [0.3, 0.4) is 0 Å². The van der Waals surface area contributed by atoms with Gasteiger partial charge in [-0.1, -0.05) is 18.2 Å². The number of rotatable bonds is 5. The molecule has 120 valence electrons. The van der Waals surface area contributed by atoms with Gasteiger partial charge in [0.15, 0.2) is 0 Å². The van der Waals surface area contributed by atoms with Crippen LogP contribution < -0.4 is 20.7 Å². The van der Waals surface area contributed by atoms with E-state index in [1.807, 2.05) is 24.3 Å². The predicted molar refractivity (Wildman–Crippen MR) is 86.4 cm³/mol. The number of amides is 2. The van der Waals surface area contributed by atoms with Gasteiger partial charge in [0, 0.05) is 37.5 Å². The van der Waals surface area contributed by atoms with Gasteiger partial charge >= 0.3 is 6.03 Å². The van der Waals surface area contributed by atoms with Gasteiger partial charge in [0.25, 0.3) is 0 Å². The maximum atomic E-state index is 12.0. The van der Waals surface area contributed by atoms with Gasteiger partial charge in [-0.2, -0.15) is 0 Å². The number of hydrogen-bond acceptors (Lipinski definition) is 5. The van der Waals surface area contributed by atoms with E-state index >= 15 is 0 Å². The van der Waals surface area contributed by atoms with Crippen molar-refractivity contribution in [2.75, 3.05) is 25.0 Å². The van der Waals surface area contributed by atoms with Crippen molar-refractivity contribution < 1.29 is 9.53 Å². The Balaban J connectivity index is 1.43. The molecular formula is C16H19N5O2. The number of para-hydroxylation sites is 1. The van der Waals surface area contributed by atoms with Crippen LogP contribution in [0.25, 0.3) is 0 Å². The van der Waals surface area contributed by atoms with Gasteiger partial charge in [0.2, 0.25) is 0 Å². The van der Waals surface area contributed by atoms with Gasteiger partial charge in [-0.3, -0.25) is 4.98 Å². The summed E-state index contributed by atoms with van der Waals surface area (Å²) in [7, 11) is 0. The molecule has 2 aromatic rings. The zero-order chi connectivity index (χ0) is 15.9. The van der Waals surface area contributed by atoms with Crippen LogP contribution in [0, 0.1) is 0 Å². The summed E-state index contributed by atoms with van der Waals surface area (Å²) < 4.78 is 5.59. The van der Waals surface area contributed by atoms with Crippen LogP contribution in [0.5, 0.6) is 5.75 Å². The number of benzene rings is 1. The second-order valence-electron chi connectivity index (χ2n) is 5.15. The number of aromatic nitrogens is 2. The average molecular weight is 313 g/mol. The summed E-state index contributed by atoms with van der Waals surface area (Å²) in [5.74, 6) is 1.53. The fourth-order valence-corrected chi connectivity index (χ4v) is 2.46. The lowest BCUT2D eigenvalue weighted by molar-refractivity contribution is 0.223. The highest BCUT2D eigenvalue weighted by Crippen LogP contribution is 2.31. The molecule has 1 atom stereocenters.